The molecule has 0 unspecified atom stereocenters. The molecule has 7 heteroatoms. The van der Waals surface area contributed by atoms with Gasteiger partial charge in [-0.25, -0.2) is 0 Å². The minimum atomic E-state index is -1.01. The molecule has 4 aliphatic rings. The number of piperidine rings is 1. The van der Waals surface area contributed by atoms with Crippen molar-refractivity contribution < 1.29 is 24.5 Å². The largest absolute Gasteiger partial charge is 0.504 e. The number of hydrogen-bond acceptors (Lipinski definition) is 6. The number of phenolic OH excluding ortho intramolecular Hbond substituents is 1. The molecule has 5 atom stereocenters. The summed E-state index contributed by atoms with van der Waals surface area (Å²) in [4.78, 5) is 17.3. The second kappa shape index (κ2) is 8.00. The van der Waals surface area contributed by atoms with Crippen LogP contribution in [0.25, 0.3) is 0 Å². The van der Waals surface area contributed by atoms with E-state index in [0.29, 0.717) is 43.7 Å². The molecule has 2 bridgehead atoms. The van der Waals surface area contributed by atoms with Crippen LogP contribution in [-0.2, 0) is 16.6 Å². The van der Waals surface area contributed by atoms with Crippen LogP contribution in [-0.4, -0.2) is 76.5 Å². The van der Waals surface area contributed by atoms with Gasteiger partial charge in [0.1, 0.15) is 11.9 Å². The molecule has 6 rings (SSSR count). The normalized spacial score (nSPS) is 32.3. The number of para-hydroxylation sites is 1. The van der Waals surface area contributed by atoms with Crippen LogP contribution >= 0.6 is 0 Å². The number of benzene rings is 2. The lowest BCUT2D eigenvalue weighted by Crippen LogP contribution is -2.78. The fraction of sp³-hybridized carbons (Fsp3) is 0.464. The number of aromatic hydroxyl groups is 1. The van der Waals surface area contributed by atoms with E-state index in [0.717, 1.165) is 17.7 Å². The van der Waals surface area contributed by atoms with Gasteiger partial charge >= 0.3 is 0 Å². The highest BCUT2D eigenvalue weighted by Gasteiger charge is 2.73. The fourth-order valence-electron chi connectivity index (χ4n) is 7.33. The number of aliphatic hydroxyl groups is 1. The van der Waals surface area contributed by atoms with Gasteiger partial charge in [-0.2, -0.15) is 0 Å². The Labute approximate surface area is 205 Å². The molecule has 1 amide bonds. The zero-order valence-corrected chi connectivity index (χ0v) is 20.0. The van der Waals surface area contributed by atoms with E-state index in [2.05, 4.69) is 11.5 Å². The van der Waals surface area contributed by atoms with Crippen molar-refractivity contribution in [2.45, 2.75) is 54.9 Å². The molecule has 1 spiro atoms. The number of phenols is 1. The summed E-state index contributed by atoms with van der Waals surface area (Å²) in [7, 11) is 1.79. The topological polar surface area (TPSA) is 82.5 Å². The van der Waals surface area contributed by atoms with Crippen molar-refractivity contribution in [3.63, 3.8) is 0 Å². The Morgan fingerprint density at radius 3 is 2.86 bits per heavy atom. The second-order valence-corrected chi connectivity index (χ2v) is 10.3. The van der Waals surface area contributed by atoms with Gasteiger partial charge in [0.25, 0.3) is 5.91 Å². The monoisotopic (exact) mass is 476 g/mol. The zero-order chi connectivity index (χ0) is 24.4. The number of likely N-dealkylation sites (tertiary alicyclic amines) is 1. The van der Waals surface area contributed by atoms with E-state index in [-0.39, 0.29) is 30.3 Å². The van der Waals surface area contributed by atoms with Crippen LogP contribution in [0.5, 0.6) is 17.2 Å². The predicted octanol–water partition coefficient (Wildman–Crippen LogP) is 2.64. The Hall–Kier alpha value is -3.03. The highest BCUT2D eigenvalue weighted by molar-refractivity contribution is 5.78. The lowest BCUT2D eigenvalue weighted by Gasteiger charge is -2.64. The Morgan fingerprint density at radius 2 is 2.09 bits per heavy atom. The molecule has 2 aliphatic carbocycles. The van der Waals surface area contributed by atoms with Crippen molar-refractivity contribution in [2.75, 3.05) is 26.7 Å². The van der Waals surface area contributed by atoms with Crippen LogP contribution in [0, 0.1) is 0 Å². The average Bonchev–Trinajstić information content (AvgIpc) is 3.22. The summed E-state index contributed by atoms with van der Waals surface area (Å²) in [5.41, 5.74) is 0.386. The third kappa shape index (κ3) is 3.01. The molecule has 1 saturated heterocycles. The van der Waals surface area contributed by atoms with Gasteiger partial charge in [0.15, 0.2) is 18.1 Å². The Balaban J connectivity index is 1.36. The smallest absolute Gasteiger partial charge is 0.260 e. The van der Waals surface area contributed by atoms with Crippen molar-refractivity contribution in [3.8, 4) is 17.2 Å². The van der Waals surface area contributed by atoms with Crippen LogP contribution in [0.1, 0.15) is 30.4 Å². The maximum Gasteiger partial charge on any atom is 0.260 e. The number of amides is 1. The molecule has 2 aromatic rings. The first kappa shape index (κ1) is 22.4. The van der Waals surface area contributed by atoms with E-state index in [1.165, 1.54) is 0 Å². The molecule has 0 aromatic heterocycles. The number of carbonyl (C=O) groups excluding carboxylic acids is 1. The number of hydrogen-bond donors (Lipinski definition) is 2. The van der Waals surface area contributed by atoms with Gasteiger partial charge in [0.05, 0.1) is 17.1 Å². The molecule has 2 heterocycles. The van der Waals surface area contributed by atoms with E-state index >= 15 is 0 Å². The maximum atomic E-state index is 13.2. The van der Waals surface area contributed by atoms with Gasteiger partial charge in [-0.3, -0.25) is 9.69 Å². The van der Waals surface area contributed by atoms with Gasteiger partial charge in [0.2, 0.25) is 0 Å². The molecule has 2 fully saturated rings. The van der Waals surface area contributed by atoms with Crippen molar-refractivity contribution >= 4 is 5.91 Å². The number of rotatable bonds is 6. The Kier molecular flexibility index (Phi) is 5.13. The molecule has 35 heavy (non-hydrogen) atoms. The van der Waals surface area contributed by atoms with Gasteiger partial charge < -0.3 is 24.6 Å². The third-order valence-corrected chi connectivity index (χ3v) is 8.90. The molecule has 2 N–H and O–H groups in total. The van der Waals surface area contributed by atoms with Gasteiger partial charge in [-0.1, -0.05) is 30.3 Å². The second-order valence-electron chi connectivity index (χ2n) is 10.3. The molecule has 184 valence electrons. The van der Waals surface area contributed by atoms with E-state index < -0.39 is 17.1 Å². The highest BCUT2D eigenvalue weighted by atomic mass is 16.5. The van der Waals surface area contributed by atoms with Crippen molar-refractivity contribution in [1.29, 1.82) is 0 Å². The molecular formula is C28H32N2O5. The number of carbonyl (C=O) groups is 1. The number of nitrogens with zero attached hydrogens (tertiary/aromatic N) is 2. The average molecular weight is 477 g/mol. The van der Waals surface area contributed by atoms with Crippen molar-refractivity contribution in [3.05, 3.63) is 66.2 Å². The summed E-state index contributed by atoms with van der Waals surface area (Å²) in [5.74, 6) is 1.09. The summed E-state index contributed by atoms with van der Waals surface area (Å²) in [6.45, 7) is 5.37. The van der Waals surface area contributed by atoms with E-state index in [9.17, 15) is 15.0 Å². The fourth-order valence-corrected chi connectivity index (χ4v) is 7.33. The minimum Gasteiger partial charge on any atom is -0.504 e. The van der Waals surface area contributed by atoms with Crippen LogP contribution in [0.15, 0.2) is 55.1 Å². The Bertz CT molecular complexity index is 1170. The van der Waals surface area contributed by atoms with E-state index in [4.69, 9.17) is 9.47 Å². The molecule has 7 nitrogen and oxygen atoms in total. The van der Waals surface area contributed by atoms with Crippen LogP contribution < -0.4 is 9.47 Å². The first-order valence-electron chi connectivity index (χ1n) is 12.4. The summed E-state index contributed by atoms with van der Waals surface area (Å²) in [6, 6.07) is 12.7. The SMILES string of the molecule is C=CCN1CC[C@]23c4c5ccc(O)c4O[C@H]2[C@H](N(C)C(=O)COc2ccccc2)CC[C@@]3(O)[C@H]1C5. The van der Waals surface area contributed by atoms with Gasteiger partial charge in [-0.15, -0.1) is 6.58 Å². The minimum absolute atomic E-state index is 0.0632. The molecule has 2 aromatic carbocycles. The molecule has 1 saturated carbocycles. The van der Waals surface area contributed by atoms with Crippen LogP contribution in [0.3, 0.4) is 0 Å². The predicted molar refractivity (Wildman–Crippen MR) is 131 cm³/mol. The zero-order valence-electron chi connectivity index (χ0n) is 20.0. The first-order chi connectivity index (χ1) is 16.9. The van der Waals surface area contributed by atoms with E-state index in [1.54, 1.807) is 18.0 Å². The van der Waals surface area contributed by atoms with Gasteiger partial charge in [0, 0.05) is 25.2 Å². The molecule has 0 radical (unpaired) electrons. The van der Waals surface area contributed by atoms with Crippen LogP contribution in [0.2, 0.25) is 0 Å². The Morgan fingerprint density at radius 1 is 1.29 bits per heavy atom. The quantitative estimate of drug-likeness (QED) is 0.624. The lowest BCUT2D eigenvalue weighted by atomic mass is 9.48. The van der Waals surface area contributed by atoms with Gasteiger partial charge in [-0.05, 0) is 56.0 Å². The summed E-state index contributed by atoms with van der Waals surface area (Å²) >= 11 is 0. The first-order valence-corrected chi connectivity index (χ1v) is 12.4. The number of ether oxygens (including phenoxy) is 2. The van der Waals surface area contributed by atoms with Crippen molar-refractivity contribution in [2.24, 2.45) is 0 Å². The highest BCUT2D eigenvalue weighted by Crippen LogP contribution is 2.65. The standard InChI is InChI=1S/C28H32N2O5/c1-3-14-30-15-13-27-24-18-9-10-21(31)25(24)35-26(27)20(11-12-28(27,33)22(30)16-18)29(2)23(32)17-34-19-7-5-4-6-8-19/h3-10,20,22,26,31,33H,1,11-17H2,2H3/t20-,22-,26+,27+,28-/m1/s1. The molecule has 2 aliphatic heterocycles. The summed E-state index contributed by atoms with van der Waals surface area (Å²) in [6.07, 6.45) is 4.02. The van der Waals surface area contributed by atoms with E-state index in [1.807, 2.05) is 42.5 Å². The lowest BCUT2D eigenvalue weighted by molar-refractivity contribution is -0.198. The summed E-state index contributed by atoms with van der Waals surface area (Å²) < 4.78 is 12.3. The summed E-state index contributed by atoms with van der Waals surface area (Å²) in [5, 5.41) is 23.2. The van der Waals surface area contributed by atoms with Crippen LogP contribution in [0.4, 0.5) is 0 Å². The third-order valence-electron chi connectivity index (χ3n) is 8.90. The van der Waals surface area contributed by atoms with Crippen molar-refractivity contribution in [1.82, 2.24) is 9.80 Å². The number of likely N-dealkylation sites (N-methyl/N-ethyl adjacent to an activating group) is 1. The molecular weight excluding hydrogens is 444 g/mol. The maximum absolute atomic E-state index is 13.2.